The fraction of sp³-hybridized carbons (Fsp3) is 0.630. The number of amides is 4. The number of rotatable bonds is 4. The third-order valence-electron chi connectivity index (χ3n) is 7.47. The lowest BCUT2D eigenvalue weighted by Gasteiger charge is -2.30. The molecule has 1 aromatic rings. The van der Waals surface area contributed by atoms with Crippen LogP contribution in [-0.4, -0.2) is 66.9 Å². The Bertz CT molecular complexity index is 1370. The summed E-state index contributed by atoms with van der Waals surface area (Å²) in [6.07, 6.45) is 7.48. The maximum Gasteiger partial charge on any atom is 0.408 e. The summed E-state index contributed by atoms with van der Waals surface area (Å²) in [7, 11) is -4.37. The minimum absolute atomic E-state index is 0.0918. The van der Waals surface area contributed by atoms with Crippen LogP contribution in [0.1, 0.15) is 72.1 Å². The van der Waals surface area contributed by atoms with Gasteiger partial charge in [0, 0.05) is 12.5 Å². The molecule has 3 aliphatic rings. The highest BCUT2D eigenvalue weighted by atomic mass is 35.5. The van der Waals surface area contributed by atoms with Crippen LogP contribution < -0.4 is 15.4 Å². The first-order valence-electron chi connectivity index (χ1n) is 13.9. The molecule has 1 saturated carbocycles. The summed E-state index contributed by atoms with van der Waals surface area (Å²) in [4.78, 5) is 54.5. The van der Waals surface area contributed by atoms with Crippen LogP contribution in [0, 0.1) is 5.92 Å². The van der Waals surface area contributed by atoms with Crippen molar-refractivity contribution in [1.82, 2.24) is 20.3 Å². The van der Waals surface area contributed by atoms with Gasteiger partial charge in [0.2, 0.25) is 11.8 Å². The molecule has 3 N–H and O–H groups in total. The van der Waals surface area contributed by atoms with Crippen LogP contribution >= 0.6 is 34.5 Å². The highest BCUT2D eigenvalue weighted by molar-refractivity contribution is 7.90. The Hall–Kier alpha value is -2.35. The van der Waals surface area contributed by atoms with Gasteiger partial charge in [0.1, 0.15) is 32.5 Å². The highest BCUT2D eigenvalue weighted by Crippen LogP contribution is 2.46. The van der Waals surface area contributed by atoms with Crippen molar-refractivity contribution < 1.29 is 32.3 Å². The summed E-state index contributed by atoms with van der Waals surface area (Å²) >= 11 is 12.8. The second-order valence-corrected chi connectivity index (χ2v) is 15.8. The summed E-state index contributed by atoms with van der Waals surface area (Å²) in [5.74, 6) is -2.29. The van der Waals surface area contributed by atoms with Crippen molar-refractivity contribution in [1.29, 1.82) is 0 Å². The van der Waals surface area contributed by atoms with Crippen LogP contribution in [0.3, 0.4) is 0 Å². The van der Waals surface area contributed by atoms with E-state index in [1.54, 1.807) is 20.8 Å². The smallest absolute Gasteiger partial charge is 0.408 e. The van der Waals surface area contributed by atoms with Crippen LogP contribution in [0.15, 0.2) is 23.1 Å². The van der Waals surface area contributed by atoms with Crippen LogP contribution in [0.2, 0.25) is 8.67 Å². The maximum atomic E-state index is 13.7. The fourth-order valence-corrected chi connectivity index (χ4v) is 8.51. The number of hydrogen-bond acceptors (Lipinski definition) is 8. The lowest BCUT2D eigenvalue weighted by molar-refractivity contribution is -0.141. The van der Waals surface area contributed by atoms with E-state index < -0.39 is 63.0 Å². The Morgan fingerprint density at radius 2 is 1.88 bits per heavy atom. The van der Waals surface area contributed by atoms with Crippen LogP contribution in [0.25, 0.3) is 0 Å². The van der Waals surface area contributed by atoms with E-state index in [-0.39, 0.29) is 20.0 Å². The molecule has 0 spiro atoms. The number of sulfonamides is 1. The number of allylic oxidation sites excluding steroid dienone is 1. The Balaban J connectivity index is 1.57. The lowest BCUT2D eigenvalue weighted by atomic mass is 10.0. The molecule has 15 heteroatoms. The van der Waals surface area contributed by atoms with E-state index in [4.69, 9.17) is 27.9 Å². The van der Waals surface area contributed by atoms with E-state index in [9.17, 15) is 27.6 Å². The zero-order valence-electron chi connectivity index (χ0n) is 23.7. The van der Waals surface area contributed by atoms with Gasteiger partial charge in [0.15, 0.2) is 0 Å². The van der Waals surface area contributed by atoms with E-state index in [0.717, 1.165) is 30.2 Å². The molecule has 2 aliphatic heterocycles. The Morgan fingerprint density at radius 3 is 2.55 bits per heavy atom. The van der Waals surface area contributed by atoms with Gasteiger partial charge in [-0.25, -0.2) is 17.9 Å². The summed E-state index contributed by atoms with van der Waals surface area (Å²) in [5.41, 5.74) is -2.27. The summed E-state index contributed by atoms with van der Waals surface area (Å²) in [6.45, 7) is 5.49. The van der Waals surface area contributed by atoms with Crippen molar-refractivity contribution >= 4 is 68.4 Å². The minimum atomic E-state index is -4.37. The molecule has 11 nitrogen and oxygen atoms in total. The van der Waals surface area contributed by atoms with E-state index in [1.807, 2.05) is 12.2 Å². The van der Waals surface area contributed by atoms with Crippen molar-refractivity contribution in [3.05, 3.63) is 26.9 Å². The summed E-state index contributed by atoms with van der Waals surface area (Å²) in [6, 6.07) is -0.611. The Kier molecular flexibility index (Phi) is 9.86. The van der Waals surface area contributed by atoms with Gasteiger partial charge in [-0.2, -0.15) is 0 Å². The first-order valence-corrected chi connectivity index (χ1v) is 17.0. The van der Waals surface area contributed by atoms with Gasteiger partial charge in [0.25, 0.3) is 15.9 Å². The molecule has 1 saturated heterocycles. The van der Waals surface area contributed by atoms with Gasteiger partial charge >= 0.3 is 6.09 Å². The highest BCUT2D eigenvalue weighted by Gasteiger charge is 2.61. The van der Waals surface area contributed by atoms with Gasteiger partial charge in [-0.3, -0.25) is 14.4 Å². The number of hydrogen-bond donors (Lipinski definition) is 3. The van der Waals surface area contributed by atoms with Crippen LogP contribution in [0.4, 0.5) is 4.79 Å². The molecule has 1 unspecified atom stereocenters. The van der Waals surface area contributed by atoms with Crippen molar-refractivity contribution in [2.45, 2.75) is 100 Å². The first kappa shape index (κ1) is 32.6. The number of nitrogens with one attached hydrogen (secondary N) is 3. The number of nitrogens with zero attached hydrogens (tertiary/aromatic N) is 1. The predicted molar refractivity (Wildman–Crippen MR) is 159 cm³/mol. The molecule has 232 valence electrons. The predicted octanol–water partition coefficient (Wildman–Crippen LogP) is 4.14. The molecule has 4 rings (SSSR count). The van der Waals surface area contributed by atoms with Crippen molar-refractivity contribution in [2.24, 2.45) is 5.92 Å². The number of ether oxygens (including phenoxy) is 1. The first-order chi connectivity index (χ1) is 19.6. The van der Waals surface area contributed by atoms with Crippen LogP contribution in [-0.2, 0) is 29.1 Å². The average molecular weight is 664 g/mol. The van der Waals surface area contributed by atoms with Gasteiger partial charge in [-0.15, -0.1) is 11.3 Å². The van der Waals surface area contributed by atoms with Gasteiger partial charge in [-0.05, 0) is 65.4 Å². The Morgan fingerprint density at radius 1 is 1.14 bits per heavy atom. The number of carbonyl (C=O) groups excluding carboxylic acids is 4. The molecule has 1 aliphatic carbocycles. The molecule has 42 heavy (non-hydrogen) atoms. The third kappa shape index (κ3) is 7.59. The number of thiophene rings is 1. The van der Waals surface area contributed by atoms with E-state index in [2.05, 4.69) is 15.4 Å². The van der Waals surface area contributed by atoms with E-state index in [1.165, 1.54) is 4.90 Å². The van der Waals surface area contributed by atoms with Crippen molar-refractivity contribution in [2.75, 3.05) is 6.54 Å². The van der Waals surface area contributed by atoms with Crippen molar-refractivity contribution in [3.63, 3.8) is 0 Å². The van der Waals surface area contributed by atoms with E-state index >= 15 is 0 Å². The summed E-state index contributed by atoms with van der Waals surface area (Å²) < 4.78 is 33.5. The zero-order chi connectivity index (χ0) is 30.9. The second-order valence-electron chi connectivity index (χ2n) is 11.8. The van der Waals surface area contributed by atoms with Crippen LogP contribution in [0.5, 0.6) is 0 Å². The van der Waals surface area contributed by atoms with Gasteiger partial charge in [-0.1, -0.05) is 48.2 Å². The van der Waals surface area contributed by atoms with Crippen molar-refractivity contribution in [3.8, 4) is 0 Å². The molecule has 0 aromatic carbocycles. The average Bonchev–Trinajstić information content (AvgIpc) is 3.18. The lowest BCUT2D eigenvalue weighted by Crippen LogP contribution is -2.58. The zero-order valence-corrected chi connectivity index (χ0v) is 26.9. The normalized spacial score (nSPS) is 27.9. The molecule has 3 heterocycles. The van der Waals surface area contributed by atoms with E-state index in [0.29, 0.717) is 38.6 Å². The number of halogens is 2. The third-order valence-corrected chi connectivity index (χ3v) is 10.6. The standard InChI is InChI=1S/C27H36Cl2N4O7S2/c1-26(2,3)40-25(37)30-17-11-8-6-4-5-7-10-16-15-27(16,31-22(34)18-12-9-13-33(18)23(17)35)24(36)32-42(38,39)19-14-20(28)41-21(19)29/h7,10,14,16-18H,4-6,8-9,11-13,15H2,1-3H3,(H,30,37)(H,31,34)(H,32,36)/b10-7-/t16-,17+,18?,27-/m1/s1. The minimum Gasteiger partial charge on any atom is -0.444 e. The molecular formula is C27H36Cl2N4O7S2. The number of fused-ring (bicyclic) bond motifs is 2. The molecular weight excluding hydrogens is 627 g/mol. The number of alkyl carbamates (subject to hydrolysis) is 1. The molecule has 4 atom stereocenters. The molecule has 1 aromatic heterocycles. The monoisotopic (exact) mass is 662 g/mol. The Labute approximate surface area is 259 Å². The maximum absolute atomic E-state index is 13.7. The largest absolute Gasteiger partial charge is 0.444 e. The van der Waals surface area contributed by atoms with Gasteiger partial charge in [0.05, 0.1) is 4.34 Å². The molecule has 2 fully saturated rings. The summed E-state index contributed by atoms with van der Waals surface area (Å²) in [5, 5.41) is 5.47. The number of carbonyl (C=O) groups is 4. The molecule has 0 bridgehead atoms. The molecule has 0 radical (unpaired) electrons. The second kappa shape index (κ2) is 12.7. The topological polar surface area (TPSA) is 151 Å². The fourth-order valence-electron chi connectivity index (χ4n) is 5.32. The SMILES string of the molecule is CC(C)(C)OC(=O)N[C@H]1CCCCC/C=C\[C@@H]2C[C@@]2(C(=O)NS(=O)(=O)c2cc(Cl)sc2Cl)NC(=O)C2CCCN2C1=O. The quantitative estimate of drug-likeness (QED) is 0.410. The molecule has 4 amide bonds. The van der Waals surface area contributed by atoms with Gasteiger partial charge < -0.3 is 20.3 Å².